The van der Waals surface area contributed by atoms with Gasteiger partial charge in [0.25, 0.3) is 0 Å². The maximum Gasteiger partial charge on any atom is 0.358 e. The Morgan fingerprint density at radius 2 is 2.30 bits per heavy atom. The summed E-state index contributed by atoms with van der Waals surface area (Å²) in [5, 5.41) is 3.42. The number of nitrogens with zero attached hydrogens (tertiary/aromatic N) is 1. The van der Waals surface area contributed by atoms with Crippen LogP contribution in [0.4, 0.5) is 15.2 Å². The predicted molar refractivity (Wildman–Crippen MR) is 77.5 cm³/mol. The van der Waals surface area contributed by atoms with Gasteiger partial charge in [-0.2, -0.15) is 0 Å². The first-order chi connectivity index (χ1) is 9.52. The van der Waals surface area contributed by atoms with Crippen molar-refractivity contribution in [2.45, 2.75) is 13.8 Å². The van der Waals surface area contributed by atoms with Crippen LogP contribution in [-0.2, 0) is 4.74 Å². The average Bonchev–Trinajstić information content (AvgIpc) is 2.75. The van der Waals surface area contributed by atoms with Gasteiger partial charge in [-0.15, -0.1) is 11.3 Å². The van der Waals surface area contributed by atoms with Crippen molar-refractivity contribution < 1.29 is 13.9 Å². The van der Waals surface area contributed by atoms with Crippen LogP contribution in [0.3, 0.4) is 0 Å². The highest BCUT2D eigenvalue weighted by Crippen LogP contribution is 2.31. The number of ether oxygens (including phenoxy) is 1. The number of nitrogens with one attached hydrogen (secondary N) is 1. The Labute approximate surface area is 124 Å². The maximum atomic E-state index is 13.7. The summed E-state index contributed by atoms with van der Waals surface area (Å²) in [5.41, 5.74) is 0.366. The number of hydrogen-bond donors (Lipinski definition) is 1. The highest BCUT2D eigenvalue weighted by molar-refractivity contribution is 7.15. The zero-order valence-electron chi connectivity index (χ0n) is 10.9. The zero-order valence-corrected chi connectivity index (χ0v) is 12.4. The molecule has 1 aromatic heterocycles. The first kappa shape index (κ1) is 14.7. The molecule has 106 valence electrons. The second-order valence-electron chi connectivity index (χ2n) is 3.87. The van der Waals surface area contributed by atoms with Crippen molar-refractivity contribution in [2.24, 2.45) is 0 Å². The molecule has 20 heavy (non-hydrogen) atoms. The Bertz CT molecular complexity index is 625. The summed E-state index contributed by atoms with van der Waals surface area (Å²) in [6.07, 6.45) is 0. The summed E-state index contributed by atoms with van der Waals surface area (Å²) in [6.45, 7) is 3.74. The second-order valence-corrected chi connectivity index (χ2v) is 5.48. The lowest BCUT2D eigenvalue weighted by Crippen LogP contribution is -2.06. The van der Waals surface area contributed by atoms with Crippen LogP contribution in [0.5, 0.6) is 0 Å². The molecule has 0 atom stereocenters. The first-order valence-corrected chi connectivity index (χ1v) is 7.08. The lowest BCUT2D eigenvalue weighted by molar-refractivity contribution is 0.0519. The standard InChI is InChI=1S/C13H12ClFN2O2S/c1-3-19-12(18)10-7(2)20-13(16-10)17-11-8(14)5-4-6-9(11)15/h4-6H,3H2,1-2H3,(H,16,17). The van der Waals surface area contributed by atoms with Crippen molar-refractivity contribution >= 4 is 39.7 Å². The topological polar surface area (TPSA) is 51.2 Å². The third-order valence-electron chi connectivity index (χ3n) is 2.46. The maximum absolute atomic E-state index is 13.7. The third-order valence-corrected chi connectivity index (χ3v) is 3.66. The Morgan fingerprint density at radius 3 is 2.95 bits per heavy atom. The van der Waals surface area contributed by atoms with E-state index in [2.05, 4.69) is 10.3 Å². The Hall–Kier alpha value is -1.66. The van der Waals surface area contributed by atoms with Crippen molar-refractivity contribution in [3.05, 3.63) is 39.6 Å². The van der Waals surface area contributed by atoms with Crippen molar-refractivity contribution in [1.29, 1.82) is 0 Å². The van der Waals surface area contributed by atoms with Gasteiger partial charge >= 0.3 is 5.97 Å². The van der Waals surface area contributed by atoms with Crippen LogP contribution >= 0.6 is 22.9 Å². The molecule has 0 fully saturated rings. The minimum absolute atomic E-state index is 0.137. The molecule has 0 aliphatic rings. The average molecular weight is 315 g/mol. The fourth-order valence-electron chi connectivity index (χ4n) is 1.56. The van der Waals surface area contributed by atoms with Gasteiger partial charge in [0, 0.05) is 4.88 Å². The fourth-order valence-corrected chi connectivity index (χ4v) is 2.58. The zero-order chi connectivity index (χ0) is 14.7. The summed E-state index contributed by atoms with van der Waals surface area (Å²) in [6, 6.07) is 4.38. The van der Waals surface area contributed by atoms with Crippen LogP contribution < -0.4 is 5.32 Å². The number of carbonyl (C=O) groups excluding carboxylic acids is 1. The monoisotopic (exact) mass is 314 g/mol. The van der Waals surface area contributed by atoms with E-state index in [1.54, 1.807) is 19.9 Å². The van der Waals surface area contributed by atoms with Crippen molar-refractivity contribution in [2.75, 3.05) is 11.9 Å². The minimum Gasteiger partial charge on any atom is -0.461 e. The van der Waals surface area contributed by atoms with E-state index in [1.165, 1.54) is 23.5 Å². The van der Waals surface area contributed by atoms with Crippen LogP contribution in [0.1, 0.15) is 22.3 Å². The number of hydrogen-bond acceptors (Lipinski definition) is 5. The van der Waals surface area contributed by atoms with Gasteiger partial charge in [0.1, 0.15) is 5.82 Å². The largest absolute Gasteiger partial charge is 0.461 e. The van der Waals surface area contributed by atoms with E-state index in [4.69, 9.17) is 16.3 Å². The number of aromatic nitrogens is 1. The van der Waals surface area contributed by atoms with E-state index < -0.39 is 11.8 Å². The van der Waals surface area contributed by atoms with E-state index in [0.29, 0.717) is 10.0 Å². The molecule has 2 rings (SSSR count). The molecule has 1 heterocycles. The van der Waals surface area contributed by atoms with Crippen molar-refractivity contribution in [1.82, 2.24) is 4.98 Å². The molecule has 1 N–H and O–H groups in total. The Morgan fingerprint density at radius 1 is 1.55 bits per heavy atom. The lowest BCUT2D eigenvalue weighted by Gasteiger charge is -2.05. The van der Waals surface area contributed by atoms with E-state index in [9.17, 15) is 9.18 Å². The first-order valence-electron chi connectivity index (χ1n) is 5.88. The number of anilines is 2. The number of esters is 1. The van der Waals surface area contributed by atoms with Gasteiger partial charge in [0.15, 0.2) is 10.8 Å². The van der Waals surface area contributed by atoms with Gasteiger partial charge in [-0.3, -0.25) is 0 Å². The molecule has 4 nitrogen and oxygen atoms in total. The van der Waals surface area contributed by atoms with Gasteiger partial charge < -0.3 is 10.1 Å². The molecule has 0 saturated heterocycles. The number of para-hydroxylation sites is 1. The van der Waals surface area contributed by atoms with E-state index in [-0.39, 0.29) is 23.0 Å². The van der Waals surface area contributed by atoms with Crippen LogP contribution in [-0.4, -0.2) is 17.6 Å². The Balaban J connectivity index is 2.27. The molecule has 0 bridgehead atoms. The molecule has 0 amide bonds. The quantitative estimate of drug-likeness (QED) is 0.861. The summed E-state index contributed by atoms with van der Waals surface area (Å²) in [5.74, 6) is -0.975. The van der Waals surface area contributed by atoms with Gasteiger partial charge in [-0.05, 0) is 26.0 Å². The molecule has 0 unspecified atom stereocenters. The van der Waals surface area contributed by atoms with E-state index in [0.717, 1.165) is 0 Å². The molecule has 0 radical (unpaired) electrons. The van der Waals surface area contributed by atoms with Gasteiger partial charge in [0.2, 0.25) is 0 Å². The normalized spacial score (nSPS) is 10.4. The number of rotatable bonds is 4. The van der Waals surface area contributed by atoms with Gasteiger partial charge in [-0.25, -0.2) is 14.2 Å². The SMILES string of the molecule is CCOC(=O)c1nc(Nc2c(F)cccc2Cl)sc1C. The molecular formula is C13H12ClFN2O2S. The number of halogens is 2. The molecule has 1 aromatic carbocycles. The molecule has 2 aromatic rings. The molecule has 0 saturated carbocycles. The number of carbonyl (C=O) groups is 1. The summed E-state index contributed by atoms with van der Waals surface area (Å²) >= 11 is 7.15. The van der Waals surface area contributed by atoms with Crippen LogP contribution in [0, 0.1) is 12.7 Å². The highest BCUT2D eigenvalue weighted by atomic mass is 35.5. The summed E-state index contributed by atoms with van der Waals surface area (Å²) in [7, 11) is 0. The van der Waals surface area contributed by atoms with Crippen LogP contribution in [0.25, 0.3) is 0 Å². The second kappa shape index (κ2) is 6.19. The number of thiazole rings is 1. The van der Waals surface area contributed by atoms with E-state index in [1.807, 2.05) is 0 Å². The predicted octanol–water partition coefficient (Wildman–Crippen LogP) is 4.16. The minimum atomic E-state index is -0.492. The summed E-state index contributed by atoms with van der Waals surface area (Å²) in [4.78, 5) is 16.5. The molecule has 7 heteroatoms. The highest BCUT2D eigenvalue weighted by Gasteiger charge is 2.17. The van der Waals surface area contributed by atoms with Gasteiger partial charge in [-0.1, -0.05) is 17.7 Å². The number of benzene rings is 1. The molecule has 0 spiro atoms. The smallest absolute Gasteiger partial charge is 0.358 e. The molecular weight excluding hydrogens is 303 g/mol. The van der Waals surface area contributed by atoms with Crippen LogP contribution in [0.15, 0.2) is 18.2 Å². The molecule has 0 aliphatic heterocycles. The molecule has 0 aliphatic carbocycles. The Kier molecular flexibility index (Phi) is 4.57. The lowest BCUT2D eigenvalue weighted by atomic mass is 10.3. The van der Waals surface area contributed by atoms with Crippen molar-refractivity contribution in [3.8, 4) is 0 Å². The van der Waals surface area contributed by atoms with Crippen LogP contribution in [0.2, 0.25) is 5.02 Å². The van der Waals surface area contributed by atoms with Gasteiger partial charge in [0.05, 0.1) is 17.3 Å². The summed E-state index contributed by atoms with van der Waals surface area (Å²) < 4.78 is 18.6. The van der Waals surface area contributed by atoms with E-state index >= 15 is 0 Å². The van der Waals surface area contributed by atoms with Crippen molar-refractivity contribution in [3.63, 3.8) is 0 Å². The number of aryl methyl sites for hydroxylation is 1. The third kappa shape index (κ3) is 3.08. The fraction of sp³-hybridized carbons (Fsp3) is 0.231.